The van der Waals surface area contributed by atoms with Crippen molar-refractivity contribution >= 4 is 23.2 Å². The summed E-state index contributed by atoms with van der Waals surface area (Å²) in [4.78, 5) is 29.2. The number of carbonyl (C=O) groups is 2. The number of aryl methyl sites for hydroxylation is 1. The summed E-state index contributed by atoms with van der Waals surface area (Å²) in [6.07, 6.45) is 4.66. The Labute approximate surface area is 144 Å². The summed E-state index contributed by atoms with van der Waals surface area (Å²) in [6.45, 7) is 1.81. The maximum atomic E-state index is 12.6. The average Bonchev–Trinajstić information content (AvgIpc) is 3.22. The largest absolute Gasteiger partial charge is 0.479 e. The van der Waals surface area contributed by atoms with Crippen LogP contribution in [0.5, 0.6) is 0 Å². The third kappa shape index (κ3) is 3.48. The minimum atomic E-state index is -1.08. The van der Waals surface area contributed by atoms with Gasteiger partial charge >= 0.3 is 5.97 Å². The topological polar surface area (TPSA) is 79.3 Å². The van der Waals surface area contributed by atoms with Gasteiger partial charge in [-0.15, -0.1) is 11.3 Å². The summed E-state index contributed by atoms with van der Waals surface area (Å²) >= 11 is 1.40. The van der Waals surface area contributed by atoms with Crippen molar-refractivity contribution < 1.29 is 14.7 Å². The van der Waals surface area contributed by atoms with Crippen molar-refractivity contribution in [1.82, 2.24) is 10.3 Å². The van der Waals surface area contributed by atoms with E-state index < -0.39 is 12.0 Å². The number of rotatable bonds is 5. The molecule has 1 heterocycles. The van der Waals surface area contributed by atoms with E-state index in [1.54, 1.807) is 24.3 Å². The molecule has 1 aliphatic rings. The van der Waals surface area contributed by atoms with Gasteiger partial charge in [-0.05, 0) is 25.3 Å². The van der Waals surface area contributed by atoms with Crippen molar-refractivity contribution in [2.75, 3.05) is 0 Å². The zero-order valence-corrected chi connectivity index (χ0v) is 14.3. The van der Waals surface area contributed by atoms with Crippen molar-refractivity contribution in [1.29, 1.82) is 0 Å². The second kappa shape index (κ2) is 7.13. The van der Waals surface area contributed by atoms with Gasteiger partial charge in [-0.25, -0.2) is 9.78 Å². The summed E-state index contributed by atoms with van der Waals surface area (Å²) in [6, 6.07) is 7.66. The van der Waals surface area contributed by atoms with Crippen LogP contribution in [0.15, 0.2) is 30.3 Å². The second-order valence-electron chi connectivity index (χ2n) is 6.10. The van der Waals surface area contributed by atoms with Crippen LogP contribution in [0, 0.1) is 6.92 Å². The van der Waals surface area contributed by atoms with Crippen molar-refractivity contribution in [3.05, 3.63) is 51.5 Å². The Bertz CT molecular complexity index is 736. The molecule has 0 saturated heterocycles. The number of hydrogen-bond donors (Lipinski definition) is 2. The summed E-state index contributed by atoms with van der Waals surface area (Å²) in [5.74, 6) is -1.00. The SMILES string of the molecule is Cc1nc(C2CCCC2)sc1C(=O)N[C@H](C(=O)O)c1ccccc1. The fraction of sp³-hybridized carbons (Fsp3) is 0.389. The number of nitrogens with one attached hydrogen (secondary N) is 1. The lowest BCUT2D eigenvalue weighted by molar-refractivity contribution is -0.139. The van der Waals surface area contributed by atoms with Gasteiger partial charge in [-0.1, -0.05) is 43.2 Å². The van der Waals surface area contributed by atoms with E-state index in [-0.39, 0.29) is 5.91 Å². The van der Waals surface area contributed by atoms with E-state index in [4.69, 9.17) is 0 Å². The van der Waals surface area contributed by atoms with E-state index in [1.807, 2.05) is 13.0 Å². The maximum Gasteiger partial charge on any atom is 0.330 e. The molecule has 126 valence electrons. The molecule has 6 heteroatoms. The van der Waals surface area contributed by atoms with Gasteiger partial charge in [0, 0.05) is 5.92 Å². The van der Waals surface area contributed by atoms with Gasteiger partial charge in [-0.3, -0.25) is 4.79 Å². The number of aliphatic carboxylic acids is 1. The fourth-order valence-electron chi connectivity index (χ4n) is 3.11. The molecule has 3 rings (SSSR count). The van der Waals surface area contributed by atoms with E-state index >= 15 is 0 Å². The lowest BCUT2D eigenvalue weighted by atomic mass is 10.1. The maximum absolute atomic E-state index is 12.6. The van der Waals surface area contributed by atoms with E-state index in [2.05, 4.69) is 10.3 Å². The number of amides is 1. The molecule has 24 heavy (non-hydrogen) atoms. The van der Waals surface area contributed by atoms with Crippen LogP contribution in [-0.2, 0) is 4.79 Å². The highest BCUT2D eigenvalue weighted by molar-refractivity contribution is 7.13. The average molecular weight is 344 g/mol. The van der Waals surface area contributed by atoms with Crippen LogP contribution < -0.4 is 5.32 Å². The Morgan fingerprint density at radius 3 is 2.54 bits per heavy atom. The van der Waals surface area contributed by atoms with Crippen molar-refractivity contribution in [2.45, 2.75) is 44.6 Å². The van der Waals surface area contributed by atoms with E-state index in [0.717, 1.165) is 17.8 Å². The van der Waals surface area contributed by atoms with Crippen LogP contribution in [0.3, 0.4) is 0 Å². The van der Waals surface area contributed by atoms with Gasteiger partial charge in [0.1, 0.15) is 4.88 Å². The van der Waals surface area contributed by atoms with Crippen molar-refractivity contribution in [3.63, 3.8) is 0 Å². The molecule has 0 radical (unpaired) electrons. The molecule has 1 fully saturated rings. The summed E-state index contributed by atoms with van der Waals surface area (Å²) in [7, 11) is 0. The van der Waals surface area contributed by atoms with Crippen LogP contribution in [0.25, 0.3) is 0 Å². The minimum absolute atomic E-state index is 0.370. The summed E-state index contributed by atoms with van der Waals surface area (Å²) in [5, 5.41) is 13.1. The smallest absolute Gasteiger partial charge is 0.330 e. The highest BCUT2D eigenvalue weighted by Gasteiger charge is 2.27. The molecule has 1 saturated carbocycles. The predicted molar refractivity (Wildman–Crippen MR) is 92.3 cm³/mol. The number of nitrogens with zero attached hydrogens (tertiary/aromatic N) is 1. The molecular weight excluding hydrogens is 324 g/mol. The van der Waals surface area contributed by atoms with Crippen LogP contribution in [0.4, 0.5) is 0 Å². The second-order valence-corrected chi connectivity index (χ2v) is 7.13. The Hall–Kier alpha value is -2.21. The quantitative estimate of drug-likeness (QED) is 0.867. The Balaban J connectivity index is 1.79. The van der Waals surface area contributed by atoms with Gasteiger partial charge in [0.05, 0.1) is 10.7 Å². The number of aromatic nitrogens is 1. The number of thiazole rings is 1. The first-order valence-corrected chi connectivity index (χ1v) is 8.94. The molecule has 2 aromatic rings. The first-order valence-electron chi connectivity index (χ1n) is 8.12. The number of carboxylic acids is 1. The molecule has 0 bridgehead atoms. The first kappa shape index (κ1) is 16.6. The molecule has 1 atom stereocenters. The monoisotopic (exact) mass is 344 g/mol. The fourth-order valence-corrected chi connectivity index (χ4v) is 4.24. The molecule has 2 N–H and O–H groups in total. The number of carbonyl (C=O) groups excluding carboxylic acids is 1. The van der Waals surface area contributed by atoms with Gasteiger partial charge < -0.3 is 10.4 Å². The summed E-state index contributed by atoms with van der Waals surface area (Å²) < 4.78 is 0. The zero-order valence-electron chi connectivity index (χ0n) is 13.5. The molecular formula is C18H20N2O3S. The third-order valence-corrected chi connectivity index (χ3v) is 5.70. The van der Waals surface area contributed by atoms with Crippen LogP contribution in [-0.4, -0.2) is 22.0 Å². The molecule has 0 aliphatic heterocycles. The lowest BCUT2D eigenvalue weighted by Crippen LogP contribution is -2.33. The third-order valence-electron chi connectivity index (χ3n) is 4.38. The Morgan fingerprint density at radius 1 is 1.25 bits per heavy atom. The number of carboxylic acid groups (broad SMARTS) is 1. The number of benzene rings is 1. The van der Waals surface area contributed by atoms with E-state index in [1.165, 1.54) is 24.2 Å². The number of hydrogen-bond acceptors (Lipinski definition) is 4. The molecule has 1 amide bonds. The molecule has 1 aromatic heterocycles. The lowest BCUT2D eigenvalue weighted by Gasteiger charge is -2.14. The standard InChI is InChI=1S/C18H20N2O3S/c1-11-15(24-17(19-11)13-9-5-6-10-13)16(21)20-14(18(22)23)12-7-3-2-4-8-12/h2-4,7-8,13-14H,5-6,9-10H2,1H3,(H,20,21)(H,22,23)/t14-/m0/s1. The highest BCUT2D eigenvalue weighted by Crippen LogP contribution is 2.37. The van der Waals surface area contributed by atoms with Gasteiger partial charge in [0.15, 0.2) is 6.04 Å². The van der Waals surface area contributed by atoms with E-state index in [0.29, 0.717) is 22.1 Å². The Morgan fingerprint density at radius 2 is 1.92 bits per heavy atom. The predicted octanol–water partition coefficient (Wildman–Crippen LogP) is 3.66. The van der Waals surface area contributed by atoms with Crippen LogP contribution in [0.2, 0.25) is 0 Å². The van der Waals surface area contributed by atoms with Gasteiger partial charge in [0.25, 0.3) is 5.91 Å². The first-order chi connectivity index (χ1) is 11.6. The van der Waals surface area contributed by atoms with Crippen LogP contribution >= 0.6 is 11.3 Å². The molecule has 0 unspecified atom stereocenters. The zero-order chi connectivity index (χ0) is 17.1. The van der Waals surface area contributed by atoms with Crippen molar-refractivity contribution in [2.24, 2.45) is 0 Å². The summed E-state index contributed by atoms with van der Waals surface area (Å²) in [5.41, 5.74) is 1.23. The van der Waals surface area contributed by atoms with Crippen LogP contribution in [0.1, 0.15) is 63.6 Å². The normalized spacial score (nSPS) is 16.0. The highest BCUT2D eigenvalue weighted by atomic mass is 32.1. The Kier molecular flexibility index (Phi) is 4.94. The molecule has 1 aromatic carbocycles. The van der Waals surface area contributed by atoms with E-state index in [9.17, 15) is 14.7 Å². The van der Waals surface area contributed by atoms with Crippen molar-refractivity contribution in [3.8, 4) is 0 Å². The van der Waals surface area contributed by atoms with Gasteiger partial charge in [-0.2, -0.15) is 0 Å². The van der Waals surface area contributed by atoms with Gasteiger partial charge in [0.2, 0.25) is 0 Å². The molecule has 1 aliphatic carbocycles. The molecule has 5 nitrogen and oxygen atoms in total. The minimum Gasteiger partial charge on any atom is -0.479 e. The molecule has 0 spiro atoms.